The highest BCUT2D eigenvalue weighted by Gasteiger charge is 2.42. The van der Waals surface area contributed by atoms with Crippen molar-refractivity contribution in [1.82, 2.24) is 10.2 Å². The summed E-state index contributed by atoms with van der Waals surface area (Å²) in [6.07, 6.45) is 1.29. The highest BCUT2D eigenvalue weighted by atomic mass is 16.5. The lowest BCUT2D eigenvalue weighted by atomic mass is 9.90. The molecule has 7 nitrogen and oxygen atoms in total. The molecule has 2 N–H and O–H groups in total. The van der Waals surface area contributed by atoms with Crippen molar-refractivity contribution in [1.29, 1.82) is 0 Å². The van der Waals surface area contributed by atoms with Gasteiger partial charge in [-0.2, -0.15) is 0 Å². The van der Waals surface area contributed by atoms with Gasteiger partial charge in [-0.15, -0.1) is 0 Å². The summed E-state index contributed by atoms with van der Waals surface area (Å²) in [5.74, 6) is 0.502. The zero-order valence-corrected chi connectivity index (χ0v) is 13.7. The van der Waals surface area contributed by atoms with Gasteiger partial charge < -0.3 is 24.8 Å². The number of aliphatic carboxylic acids is 1. The van der Waals surface area contributed by atoms with E-state index in [2.05, 4.69) is 5.32 Å². The number of urea groups is 1. The van der Waals surface area contributed by atoms with Gasteiger partial charge in [-0.05, 0) is 19.4 Å². The molecule has 1 saturated heterocycles. The molecule has 24 heavy (non-hydrogen) atoms. The summed E-state index contributed by atoms with van der Waals surface area (Å²) in [4.78, 5) is 25.1. The molecule has 1 aromatic rings. The summed E-state index contributed by atoms with van der Waals surface area (Å²) in [6, 6.07) is 5.35. The minimum atomic E-state index is -0.864. The van der Waals surface area contributed by atoms with Crippen LogP contribution in [0, 0.1) is 5.41 Å². The summed E-state index contributed by atoms with van der Waals surface area (Å²) in [7, 11) is 0. The minimum absolute atomic E-state index is 0.223. The fraction of sp³-hybridized carbons (Fsp3) is 0.529. The number of carboxylic acid groups (broad SMARTS) is 1. The van der Waals surface area contributed by atoms with Crippen LogP contribution in [-0.2, 0) is 11.3 Å². The number of amides is 2. The number of nitrogens with one attached hydrogen (secondary N) is 1. The lowest BCUT2D eigenvalue weighted by Gasteiger charge is -2.21. The number of ether oxygens (including phenoxy) is 2. The molecule has 0 saturated carbocycles. The Bertz CT molecular complexity index is 648. The molecule has 3 rings (SSSR count). The number of carboxylic acids is 1. The van der Waals surface area contributed by atoms with Crippen LogP contribution in [0.25, 0.3) is 0 Å². The van der Waals surface area contributed by atoms with Crippen LogP contribution in [0.15, 0.2) is 18.2 Å². The van der Waals surface area contributed by atoms with Crippen LogP contribution in [0.4, 0.5) is 4.79 Å². The van der Waals surface area contributed by atoms with Gasteiger partial charge in [0.1, 0.15) is 0 Å². The molecule has 0 aromatic heterocycles. The van der Waals surface area contributed by atoms with Gasteiger partial charge >= 0.3 is 12.0 Å². The van der Waals surface area contributed by atoms with E-state index in [0.717, 1.165) is 12.0 Å². The molecule has 1 aromatic carbocycles. The number of hydrogen-bond acceptors (Lipinski definition) is 4. The van der Waals surface area contributed by atoms with E-state index in [-0.39, 0.29) is 12.6 Å². The van der Waals surface area contributed by atoms with Crippen LogP contribution in [0.5, 0.6) is 11.5 Å². The van der Waals surface area contributed by atoms with Gasteiger partial charge in [0.25, 0.3) is 0 Å². The van der Waals surface area contributed by atoms with Gasteiger partial charge in [-0.1, -0.05) is 12.1 Å². The van der Waals surface area contributed by atoms with E-state index in [1.54, 1.807) is 11.8 Å². The van der Waals surface area contributed by atoms with Crippen LogP contribution < -0.4 is 14.8 Å². The Morgan fingerprint density at radius 2 is 2.12 bits per heavy atom. The first kappa shape index (κ1) is 16.4. The van der Waals surface area contributed by atoms with Gasteiger partial charge in [0.15, 0.2) is 11.5 Å². The quantitative estimate of drug-likeness (QED) is 0.881. The largest absolute Gasteiger partial charge is 0.490 e. The normalized spacial score (nSPS) is 22.8. The van der Waals surface area contributed by atoms with E-state index < -0.39 is 11.4 Å². The van der Waals surface area contributed by atoms with Crippen molar-refractivity contribution in [3.05, 3.63) is 23.8 Å². The molecular formula is C17H22N2O5. The van der Waals surface area contributed by atoms with Crippen LogP contribution >= 0.6 is 0 Å². The van der Waals surface area contributed by atoms with E-state index in [9.17, 15) is 14.7 Å². The number of likely N-dealkylation sites (tertiary alicyclic amines) is 1. The highest BCUT2D eigenvalue weighted by Crippen LogP contribution is 2.33. The predicted molar refractivity (Wildman–Crippen MR) is 86.2 cm³/mol. The molecule has 2 amide bonds. The number of benzene rings is 1. The molecule has 1 unspecified atom stereocenters. The van der Waals surface area contributed by atoms with E-state index >= 15 is 0 Å². The van der Waals surface area contributed by atoms with Gasteiger partial charge in [-0.3, -0.25) is 4.79 Å². The van der Waals surface area contributed by atoms with Crippen molar-refractivity contribution in [2.24, 2.45) is 5.41 Å². The fourth-order valence-corrected chi connectivity index (χ4v) is 2.98. The monoisotopic (exact) mass is 334 g/mol. The molecule has 0 aliphatic carbocycles. The predicted octanol–water partition coefficient (Wildman–Crippen LogP) is 1.85. The standard InChI is InChI=1S/C17H22N2O5/c1-17(15(20)21)6-7-19(11-17)16(22)18-10-12-4-2-5-13-14(12)24-9-3-8-23-13/h2,4-5H,3,6-11H2,1H3,(H,18,22)(H,20,21). The maximum absolute atomic E-state index is 12.3. The Morgan fingerprint density at radius 3 is 2.88 bits per heavy atom. The first-order valence-corrected chi connectivity index (χ1v) is 8.13. The molecule has 2 aliphatic rings. The second kappa shape index (κ2) is 6.59. The first-order chi connectivity index (χ1) is 11.5. The van der Waals surface area contributed by atoms with Crippen LogP contribution in [-0.4, -0.2) is 48.3 Å². The summed E-state index contributed by atoms with van der Waals surface area (Å²) >= 11 is 0. The van der Waals surface area contributed by atoms with Crippen molar-refractivity contribution in [2.45, 2.75) is 26.3 Å². The second-order valence-electron chi connectivity index (χ2n) is 6.49. The maximum atomic E-state index is 12.3. The number of carbonyl (C=O) groups is 2. The fourth-order valence-electron chi connectivity index (χ4n) is 2.98. The number of hydrogen-bond donors (Lipinski definition) is 2. The Balaban J connectivity index is 1.62. The molecule has 2 aliphatic heterocycles. The summed E-state index contributed by atoms with van der Waals surface area (Å²) in [5, 5.41) is 12.1. The molecule has 1 atom stereocenters. The van der Waals surface area contributed by atoms with Crippen molar-refractivity contribution in [3.63, 3.8) is 0 Å². The van der Waals surface area contributed by atoms with Gasteiger partial charge in [0.05, 0.1) is 18.6 Å². The topological polar surface area (TPSA) is 88.1 Å². The molecule has 2 heterocycles. The molecular weight excluding hydrogens is 312 g/mol. The SMILES string of the molecule is CC1(C(=O)O)CCN(C(=O)NCc2cccc3c2OCCCO3)C1. The zero-order valence-electron chi connectivity index (χ0n) is 13.7. The molecule has 1 fully saturated rings. The number of carbonyl (C=O) groups excluding carboxylic acids is 1. The maximum Gasteiger partial charge on any atom is 0.317 e. The minimum Gasteiger partial charge on any atom is -0.490 e. The van der Waals surface area contributed by atoms with Crippen LogP contribution in [0.3, 0.4) is 0 Å². The van der Waals surface area contributed by atoms with Gasteiger partial charge in [-0.25, -0.2) is 4.79 Å². The third-order valence-corrected chi connectivity index (χ3v) is 4.56. The van der Waals surface area contributed by atoms with Gasteiger partial charge in [0.2, 0.25) is 0 Å². The van der Waals surface area contributed by atoms with E-state index in [0.29, 0.717) is 44.2 Å². The third kappa shape index (κ3) is 3.25. The lowest BCUT2D eigenvalue weighted by Crippen LogP contribution is -2.40. The van der Waals surface area contributed by atoms with Crippen molar-refractivity contribution in [2.75, 3.05) is 26.3 Å². The second-order valence-corrected chi connectivity index (χ2v) is 6.49. The van der Waals surface area contributed by atoms with E-state index in [1.165, 1.54) is 0 Å². The highest BCUT2D eigenvalue weighted by molar-refractivity contribution is 5.79. The van der Waals surface area contributed by atoms with Crippen molar-refractivity contribution in [3.8, 4) is 11.5 Å². The average molecular weight is 334 g/mol. The van der Waals surface area contributed by atoms with E-state index in [4.69, 9.17) is 9.47 Å². The molecule has 0 radical (unpaired) electrons. The Morgan fingerprint density at radius 1 is 1.33 bits per heavy atom. The van der Waals surface area contributed by atoms with E-state index in [1.807, 2.05) is 18.2 Å². The van der Waals surface area contributed by atoms with Gasteiger partial charge in [0, 0.05) is 31.6 Å². The van der Waals surface area contributed by atoms with Crippen LogP contribution in [0.1, 0.15) is 25.3 Å². The lowest BCUT2D eigenvalue weighted by molar-refractivity contribution is -0.147. The molecule has 130 valence electrons. The number of rotatable bonds is 3. The number of fused-ring (bicyclic) bond motifs is 1. The third-order valence-electron chi connectivity index (χ3n) is 4.56. The average Bonchev–Trinajstić information content (AvgIpc) is 2.82. The summed E-state index contributed by atoms with van der Waals surface area (Å²) < 4.78 is 11.4. The Hall–Kier alpha value is -2.44. The van der Waals surface area contributed by atoms with Crippen molar-refractivity contribution >= 4 is 12.0 Å². The summed E-state index contributed by atoms with van der Waals surface area (Å²) in [5.41, 5.74) is -0.0130. The zero-order chi connectivity index (χ0) is 17.2. The first-order valence-electron chi connectivity index (χ1n) is 8.13. The number of para-hydroxylation sites is 1. The van der Waals surface area contributed by atoms with Crippen molar-refractivity contribution < 1.29 is 24.2 Å². The Labute approximate surface area is 140 Å². The summed E-state index contributed by atoms with van der Waals surface area (Å²) in [6.45, 7) is 3.85. The molecule has 0 spiro atoms. The van der Waals surface area contributed by atoms with Crippen LogP contribution in [0.2, 0.25) is 0 Å². The molecule has 7 heteroatoms. The number of nitrogens with zero attached hydrogens (tertiary/aromatic N) is 1. The smallest absolute Gasteiger partial charge is 0.317 e. The Kier molecular flexibility index (Phi) is 4.51. The molecule has 0 bridgehead atoms.